The second-order valence-corrected chi connectivity index (χ2v) is 4.97. The summed E-state index contributed by atoms with van der Waals surface area (Å²) in [5.74, 6) is 1.06. The van der Waals surface area contributed by atoms with Crippen molar-refractivity contribution in [1.29, 1.82) is 0 Å². The molecule has 0 radical (unpaired) electrons. The third-order valence-corrected chi connectivity index (χ3v) is 3.37. The largest absolute Gasteiger partial charge is 0.373 e. The molecule has 2 saturated heterocycles. The molecule has 88 valence electrons. The van der Waals surface area contributed by atoms with Crippen molar-refractivity contribution < 1.29 is 9.26 Å². The zero-order chi connectivity index (χ0) is 11.1. The van der Waals surface area contributed by atoms with Crippen LogP contribution in [0.15, 0.2) is 4.52 Å². The number of rotatable bonds is 3. The normalized spacial score (nSPS) is 32.6. The number of nitrogens with zero attached hydrogens (tertiary/aromatic N) is 2. The van der Waals surface area contributed by atoms with Crippen LogP contribution in [0, 0.1) is 0 Å². The van der Waals surface area contributed by atoms with Gasteiger partial charge in [0.15, 0.2) is 5.82 Å². The lowest BCUT2D eigenvalue weighted by Crippen LogP contribution is -2.30. The fourth-order valence-corrected chi connectivity index (χ4v) is 2.48. The number of hydrogen-bond acceptors (Lipinski definition) is 5. The smallest absolute Gasteiger partial charge is 0.321 e. The lowest BCUT2D eigenvalue weighted by Gasteiger charge is -2.18. The summed E-state index contributed by atoms with van der Waals surface area (Å²) in [6, 6.07) is 0.879. The van der Waals surface area contributed by atoms with Crippen LogP contribution < -0.4 is 5.32 Å². The van der Waals surface area contributed by atoms with Crippen LogP contribution in [0.4, 0.5) is 6.01 Å². The second kappa shape index (κ2) is 3.73. The van der Waals surface area contributed by atoms with Gasteiger partial charge in [0.1, 0.15) is 0 Å². The Hall–Kier alpha value is -1.10. The minimum Gasteiger partial charge on any atom is -0.373 e. The molecular formula is C11H17N3O2. The Balaban J connectivity index is 1.65. The van der Waals surface area contributed by atoms with Gasteiger partial charge in [0, 0.05) is 5.92 Å². The Morgan fingerprint density at radius 3 is 2.81 bits per heavy atom. The molecule has 1 N–H and O–H groups in total. The summed E-state index contributed by atoms with van der Waals surface area (Å²) < 4.78 is 10.9. The fraction of sp³-hybridized carbons (Fsp3) is 0.818. The average Bonchev–Trinajstić information content (AvgIpc) is 2.91. The number of fused-ring (bicyclic) bond motifs is 2. The zero-order valence-electron chi connectivity index (χ0n) is 9.64. The first kappa shape index (κ1) is 10.1. The van der Waals surface area contributed by atoms with E-state index in [1.165, 1.54) is 6.42 Å². The van der Waals surface area contributed by atoms with Crippen LogP contribution in [0.3, 0.4) is 0 Å². The van der Waals surface area contributed by atoms with Gasteiger partial charge in [-0.3, -0.25) is 0 Å². The SMILES string of the molecule is CC(C)c1noc(N[C@H]2C[C@H]3CC[C@@H]2O3)n1. The van der Waals surface area contributed by atoms with Crippen LogP contribution in [0.2, 0.25) is 0 Å². The molecule has 1 aromatic rings. The highest BCUT2D eigenvalue weighted by molar-refractivity contribution is 5.23. The highest BCUT2D eigenvalue weighted by atomic mass is 16.5. The van der Waals surface area contributed by atoms with Crippen molar-refractivity contribution >= 4 is 6.01 Å². The first-order chi connectivity index (χ1) is 7.72. The maximum absolute atomic E-state index is 5.76. The van der Waals surface area contributed by atoms with Crippen LogP contribution in [-0.2, 0) is 4.74 Å². The van der Waals surface area contributed by atoms with Crippen molar-refractivity contribution in [2.24, 2.45) is 0 Å². The zero-order valence-corrected chi connectivity index (χ0v) is 9.64. The predicted octanol–water partition coefficient (Wildman–Crippen LogP) is 1.92. The Morgan fingerprint density at radius 2 is 2.25 bits per heavy atom. The molecule has 0 aliphatic carbocycles. The minimum atomic E-state index is 0.301. The molecule has 2 fully saturated rings. The maximum Gasteiger partial charge on any atom is 0.321 e. The van der Waals surface area contributed by atoms with Crippen molar-refractivity contribution in [3.63, 3.8) is 0 Å². The van der Waals surface area contributed by atoms with Crippen molar-refractivity contribution in [1.82, 2.24) is 10.1 Å². The summed E-state index contributed by atoms with van der Waals surface area (Å²) in [7, 11) is 0. The molecule has 2 bridgehead atoms. The van der Waals surface area contributed by atoms with E-state index in [1.54, 1.807) is 0 Å². The lowest BCUT2D eigenvalue weighted by atomic mass is 9.96. The van der Waals surface area contributed by atoms with Gasteiger partial charge >= 0.3 is 6.01 Å². The van der Waals surface area contributed by atoms with E-state index < -0.39 is 0 Å². The highest BCUT2D eigenvalue weighted by Crippen LogP contribution is 2.35. The number of nitrogens with one attached hydrogen (secondary N) is 1. The van der Waals surface area contributed by atoms with Gasteiger partial charge in [-0.25, -0.2) is 0 Å². The summed E-state index contributed by atoms with van der Waals surface area (Å²) >= 11 is 0. The molecule has 3 heterocycles. The third kappa shape index (κ3) is 1.69. The number of anilines is 1. The summed E-state index contributed by atoms with van der Waals surface area (Å²) in [6.07, 6.45) is 4.18. The Bertz CT molecular complexity index is 377. The van der Waals surface area contributed by atoms with E-state index in [-0.39, 0.29) is 0 Å². The molecule has 0 spiro atoms. The molecule has 3 rings (SSSR count). The van der Waals surface area contributed by atoms with E-state index in [0.717, 1.165) is 18.7 Å². The first-order valence-electron chi connectivity index (χ1n) is 5.98. The van der Waals surface area contributed by atoms with E-state index in [4.69, 9.17) is 9.26 Å². The predicted molar refractivity (Wildman–Crippen MR) is 58.3 cm³/mol. The number of aromatic nitrogens is 2. The van der Waals surface area contributed by atoms with Gasteiger partial charge in [0.05, 0.1) is 18.2 Å². The first-order valence-corrected chi connectivity index (χ1v) is 5.98. The van der Waals surface area contributed by atoms with Crippen LogP contribution in [0.1, 0.15) is 44.9 Å². The third-order valence-electron chi connectivity index (χ3n) is 3.37. The maximum atomic E-state index is 5.76. The highest BCUT2D eigenvalue weighted by Gasteiger charge is 2.41. The van der Waals surface area contributed by atoms with Gasteiger partial charge in [-0.2, -0.15) is 4.98 Å². The van der Waals surface area contributed by atoms with Gasteiger partial charge in [-0.05, 0) is 19.3 Å². The molecule has 5 nitrogen and oxygen atoms in total. The van der Waals surface area contributed by atoms with Crippen molar-refractivity contribution in [2.75, 3.05) is 5.32 Å². The van der Waals surface area contributed by atoms with E-state index >= 15 is 0 Å². The van der Waals surface area contributed by atoms with E-state index in [2.05, 4.69) is 29.3 Å². The van der Waals surface area contributed by atoms with Gasteiger partial charge in [0.2, 0.25) is 0 Å². The van der Waals surface area contributed by atoms with E-state index in [1.807, 2.05) is 0 Å². The molecule has 3 atom stereocenters. The molecule has 2 aliphatic rings. The Labute approximate surface area is 94.6 Å². The van der Waals surface area contributed by atoms with Gasteiger partial charge < -0.3 is 14.6 Å². The monoisotopic (exact) mass is 223 g/mol. The Kier molecular flexibility index (Phi) is 2.35. The number of hydrogen-bond donors (Lipinski definition) is 1. The molecule has 0 aromatic carbocycles. The number of ether oxygens (including phenoxy) is 1. The molecule has 0 unspecified atom stereocenters. The average molecular weight is 223 g/mol. The standard InChI is InChI=1S/C11H17N3O2/c1-6(2)10-13-11(16-14-10)12-8-5-7-3-4-9(8)15-7/h6-9H,3-5H2,1-2H3,(H,12,13,14)/t7-,8+,9+/m1/s1. The van der Waals surface area contributed by atoms with Gasteiger partial charge in [0.25, 0.3) is 0 Å². The summed E-state index contributed by atoms with van der Waals surface area (Å²) in [5.41, 5.74) is 0. The van der Waals surface area contributed by atoms with Gasteiger partial charge in [-0.1, -0.05) is 19.0 Å². The van der Waals surface area contributed by atoms with Crippen molar-refractivity contribution in [3.05, 3.63) is 5.82 Å². The summed E-state index contributed by atoms with van der Waals surface area (Å²) in [6.45, 7) is 4.10. The molecule has 5 heteroatoms. The van der Waals surface area contributed by atoms with E-state index in [9.17, 15) is 0 Å². The molecule has 16 heavy (non-hydrogen) atoms. The van der Waals surface area contributed by atoms with Crippen LogP contribution in [0.25, 0.3) is 0 Å². The second-order valence-electron chi connectivity index (χ2n) is 4.97. The topological polar surface area (TPSA) is 60.2 Å². The lowest BCUT2D eigenvalue weighted by molar-refractivity contribution is 0.102. The fourth-order valence-electron chi connectivity index (χ4n) is 2.48. The van der Waals surface area contributed by atoms with Crippen molar-refractivity contribution in [3.8, 4) is 0 Å². The summed E-state index contributed by atoms with van der Waals surface area (Å²) in [4.78, 5) is 4.31. The Morgan fingerprint density at radius 1 is 1.38 bits per heavy atom. The molecule has 1 aromatic heterocycles. The van der Waals surface area contributed by atoms with Crippen molar-refractivity contribution in [2.45, 2.75) is 57.3 Å². The molecule has 0 saturated carbocycles. The van der Waals surface area contributed by atoms with Crippen LogP contribution in [0.5, 0.6) is 0 Å². The molecule has 2 aliphatic heterocycles. The molecular weight excluding hydrogens is 206 g/mol. The molecule has 0 amide bonds. The summed E-state index contributed by atoms with van der Waals surface area (Å²) in [5, 5.41) is 7.21. The van der Waals surface area contributed by atoms with E-state index in [0.29, 0.717) is 30.2 Å². The van der Waals surface area contributed by atoms with Gasteiger partial charge in [-0.15, -0.1) is 0 Å². The minimum absolute atomic E-state index is 0.301. The van der Waals surface area contributed by atoms with Crippen LogP contribution in [-0.4, -0.2) is 28.4 Å². The van der Waals surface area contributed by atoms with Crippen LogP contribution >= 0.6 is 0 Å². The quantitative estimate of drug-likeness (QED) is 0.848.